The zero-order chi connectivity index (χ0) is 19.0. The van der Waals surface area contributed by atoms with E-state index in [9.17, 15) is 4.79 Å². The van der Waals surface area contributed by atoms with Crippen LogP contribution in [0, 0.1) is 20.8 Å². The number of aryl methyl sites for hydroxylation is 3. The van der Waals surface area contributed by atoms with Gasteiger partial charge in [-0.1, -0.05) is 47.7 Å². The molecule has 0 aliphatic carbocycles. The van der Waals surface area contributed by atoms with E-state index in [1.165, 1.54) is 17.3 Å². The number of anilines is 1. The van der Waals surface area contributed by atoms with Gasteiger partial charge in [-0.2, -0.15) is 0 Å². The summed E-state index contributed by atoms with van der Waals surface area (Å²) in [6.07, 6.45) is 0. The van der Waals surface area contributed by atoms with Gasteiger partial charge in [0, 0.05) is 16.6 Å². The van der Waals surface area contributed by atoms with Crippen LogP contribution < -0.4 is 5.32 Å². The number of aromatic nitrogens is 4. The van der Waals surface area contributed by atoms with Gasteiger partial charge in [0.15, 0.2) is 5.65 Å². The number of hydrogen-bond donors (Lipinski definition) is 2. The van der Waals surface area contributed by atoms with Crippen molar-refractivity contribution >= 4 is 45.4 Å². The summed E-state index contributed by atoms with van der Waals surface area (Å²) in [7, 11) is 0. The van der Waals surface area contributed by atoms with Crippen molar-refractivity contribution in [3.8, 4) is 0 Å². The van der Waals surface area contributed by atoms with Crippen molar-refractivity contribution in [2.45, 2.75) is 25.9 Å². The van der Waals surface area contributed by atoms with Crippen LogP contribution in [0.4, 0.5) is 5.69 Å². The molecule has 0 unspecified atom stereocenters. The summed E-state index contributed by atoms with van der Waals surface area (Å²) in [5.74, 6) is 0.135. The second-order valence-electron chi connectivity index (χ2n) is 6.57. The van der Waals surface area contributed by atoms with Gasteiger partial charge in [-0.05, 0) is 38.0 Å². The number of rotatable bonds is 4. The fourth-order valence-electron chi connectivity index (χ4n) is 3.25. The molecule has 0 saturated carbocycles. The molecule has 0 saturated heterocycles. The molecule has 0 fully saturated rings. The van der Waals surface area contributed by atoms with Crippen LogP contribution in [0.25, 0.3) is 22.1 Å². The predicted octanol–water partition coefficient (Wildman–Crippen LogP) is 4.16. The van der Waals surface area contributed by atoms with Crippen molar-refractivity contribution in [1.29, 1.82) is 0 Å². The molecule has 4 rings (SSSR count). The fourth-order valence-corrected chi connectivity index (χ4v) is 3.84. The second kappa shape index (κ2) is 7.00. The Balaban J connectivity index is 1.48. The SMILES string of the molecule is Cc1cc(C)c(NC(=O)CSc2nnc3c(n2)[nH]c2ccccc23)c(C)c1. The molecule has 0 radical (unpaired) electrons. The van der Waals surface area contributed by atoms with Crippen molar-refractivity contribution in [3.05, 3.63) is 53.1 Å². The normalized spacial score (nSPS) is 11.2. The van der Waals surface area contributed by atoms with Gasteiger partial charge in [-0.3, -0.25) is 4.79 Å². The van der Waals surface area contributed by atoms with Crippen LogP contribution >= 0.6 is 11.8 Å². The van der Waals surface area contributed by atoms with Crippen LogP contribution in [0.15, 0.2) is 41.6 Å². The molecule has 2 aromatic carbocycles. The van der Waals surface area contributed by atoms with Gasteiger partial charge in [0.05, 0.1) is 5.75 Å². The molecule has 136 valence electrons. The first-order valence-electron chi connectivity index (χ1n) is 8.63. The lowest BCUT2D eigenvalue weighted by molar-refractivity contribution is -0.113. The minimum atomic E-state index is -0.0876. The highest BCUT2D eigenvalue weighted by Gasteiger charge is 2.12. The Labute approximate surface area is 160 Å². The van der Waals surface area contributed by atoms with E-state index in [-0.39, 0.29) is 11.7 Å². The first kappa shape index (κ1) is 17.5. The topological polar surface area (TPSA) is 83.6 Å². The Morgan fingerprint density at radius 2 is 1.85 bits per heavy atom. The number of hydrogen-bond acceptors (Lipinski definition) is 5. The van der Waals surface area contributed by atoms with Crippen LogP contribution in [0.2, 0.25) is 0 Å². The third kappa shape index (κ3) is 3.50. The van der Waals surface area contributed by atoms with E-state index >= 15 is 0 Å². The number of aromatic amines is 1. The molecule has 0 spiro atoms. The van der Waals surface area contributed by atoms with E-state index in [4.69, 9.17) is 0 Å². The van der Waals surface area contributed by atoms with Crippen molar-refractivity contribution in [2.75, 3.05) is 11.1 Å². The van der Waals surface area contributed by atoms with E-state index in [1.54, 1.807) is 0 Å². The third-order valence-corrected chi connectivity index (χ3v) is 5.21. The van der Waals surface area contributed by atoms with Crippen molar-refractivity contribution < 1.29 is 4.79 Å². The minimum Gasteiger partial charge on any atom is -0.338 e. The van der Waals surface area contributed by atoms with E-state index in [1.807, 2.05) is 45.0 Å². The van der Waals surface area contributed by atoms with Crippen LogP contribution in [0.5, 0.6) is 0 Å². The average molecular weight is 377 g/mol. The van der Waals surface area contributed by atoms with Crippen LogP contribution in [-0.2, 0) is 4.79 Å². The highest BCUT2D eigenvalue weighted by atomic mass is 32.2. The van der Waals surface area contributed by atoms with E-state index in [2.05, 4.69) is 37.6 Å². The Kier molecular flexibility index (Phi) is 4.53. The van der Waals surface area contributed by atoms with Gasteiger partial charge in [-0.25, -0.2) is 4.98 Å². The standard InChI is InChI=1S/C20H19N5OS/c1-11-8-12(2)17(13(3)9-11)22-16(26)10-27-20-23-19-18(24-25-20)14-6-4-5-7-15(14)21-19/h4-9H,10H2,1-3H3,(H,22,26)(H,21,23,25). The van der Waals surface area contributed by atoms with E-state index in [0.717, 1.165) is 33.2 Å². The number of thioether (sulfide) groups is 1. The molecule has 0 bridgehead atoms. The van der Waals surface area contributed by atoms with Gasteiger partial charge >= 0.3 is 0 Å². The summed E-state index contributed by atoms with van der Waals surface area (Å²) in [4.78, 5) is 20.1. The summed E-state index contributed by atoms with van der Waals surface area (Å²) in [6.45, 7) is 6.05. The molecule has 27 heavy (non-hydrogen) atoms. The number of para-hydroxylation sites is 1. The maximum Gasteiger partial charge on any atom is 0.234 e. The molecule has 0 aliphatic rings. The molecule has 0 aliphatic heterocycles. The second-order valence-corrected chi connectivity index (χ2v) is 7.52. The third-order valence-electron chi connectivity index (χ3n) is 4.38. The molecule has 1 amide bonds. The fraction of sp³-hybridized carbons (Fsp3) is 0.200. The maximum absolute atomic E-state index is 12.4. The number of carbonyl (C=O) groups excluding carboxylic acids is 1. The van der Waals surface area contributed by atoms with E-state index in [0.29, 0.717) is 10.8 Å². The average Bonchev–Trinajstić information content (AvgIpc) is 3.00. The summed E-state index contributed by atoms with van der Waals surface area (Å²) < 4.78 is 0. The van der Waals surface area contributed by atoms with Gasteiger partial charge in [0.2, 0.25) is 11.1 Å². The smallest absolute Gasteiger partial charge is 0.234 e. The molecule has 2 aromatic heterocycles. The molecule has 0 atom stereocenters. The lowest BCUT2D eigenvalue weighted by atomic mass is 10.1. The quantitative estimate of drug-likeness (QED) is 0.522. The lowest BCUT2D eigenvalue weighted by Crippen LogP contribution is -2.16. The van der Waals surface area contributed by atoms with Crippen molar-refractivity contribution in [1.82, 2.24) is 20.2 Å². The van der Waals surface area contributed by atoms with Crippen LogP contribution in [0.3, 0.4) is 0 Å². The lowest BCUT2D eigenvalue weighted by Gasteiger charge is -2.12. The zero-order valence-electron chi connectivity index (χ0n) is 15.3. The largest absolute Gasteiger partial charge is 0.338 e. The highest BCUT2D eigenvalue weighted by molar-refractivity contribution is 7.99. The maximum atomic E-state index is 12.4. The summed E-state index contributed by atoms with van der Waals surface area (Å²) in [5.41, 5.74) is 6.57. The molecule has 2 N–H and O–H groups in total. The monoisotopic (exact) mass is 377 g/mol. The molecular formula is C20H19N5OS. The first-order valence-corrected chi connectivity index (χ1v) is 9.61. The number of benzene rings is 2. The number of fused-ring (bicyclic) bond motifs is 3. The Morgan fingerprint density at radius 1 is 1.11 bits per heavy atom. The van der Waals surface area contributed by atoms with Gasteiger partial charge in [-0.15, -0.1) is 10.2 Å². The Hall–Kier alpha value is -2.93. The summed E-state index contributed by atoms with van der Waals surface area (Å²) in [5, 5.41) is 12.9. The molecular weight excluding hydrogens is 358 g/mol. The van der Waals surface area contributed by atoms with E-state index < -0.39 is 0 Å². The predicted molar refractivity (Wildman–Crippen MR) is 109 cm³/mol. The summed E-state index contributed by atoms with van der Waals surface area (Å²) in [6, 6.07) is 12.0. The number of H-pyrrole nitrogens is 1. The van der Waals surface area contributed by atoms with Gasteiger partial charge in [0.1, 0.15) is 5.52 Å². The van der Waals surface area contributed by atoms with Crippen molar-refractivity contribution in [3.63, 3.8) is 0 Å². The van der Waals surface area contributed by atoms with Gasteiger partial charge < -0.3 is 10.3 Å². The molecule has 2 heterocycles. The van der Waals surface area contributed by atoms with Gasteiger partial charge in [0.25, 0.3) is 0 Å². The highest BCUT2D eigenvalue weighted by Crippen LogP contribution is 2.24. The number of nitrogens with zero attached hydrogens (tertiary/aromatic N) is 3. The minimum absolute atomic E-state index is 0.0876. The number of carbonyl (C=O) groups is 1. The molecule has 4 aromatic rings. The zero-order valence-corrected chi connectivity index (χ0v) is 16.1. The molecule has 6 nitrogen and oxygen atoms in total. The Bertz CT molecular complexity index is 1140. The van der Waals surface area contributed by atoms with Crippen LogP contribution in [-0.4, -0.2) is 31.8 Å². The Morgan fingerprint density at radius 3 is 2.63 bits per heavy atom. The first-order chi connectivity index (χ1) is 13.0. The molecule has 7 heteroatoms. The number of amides is 1. The number of nitrogens with one attached hydrogen (secondary N) is 2. The summed E-state index contributed by atoms with van der Waals surface area (Å²) >= 11 is 1.27. The van der Waals surface area contributed by atoms with Crippen molar-refractivity contribution in [2.24, 2.45) is 0 Å². The van der Waals surface area contributed by atoms with Crippen LogP contribution in [0.1, 0.15) is 16.7 Å².